The highest BCUT2D eigenvalue weighted by Gasteiger charge is 2.17. The van der Waals surface area contributed by atoms with E-state index < -0.39 is 11.9 Å². The third-order valence-corrected chi connectivity index (χ3v) is 2.60. The third kappa shape index (κ3) is 4.39. The molecule has 0 spiro atoms. The van der Waals surface area contributed by atoms with Crippen LogP contribution in [0, 0.1) is 0 Å². The fourth-order valence-electron chi connectivity index (χ4n) is 1.79. The highest BCUT2D eigenvalue weighted by Crippen LogP contribution is 2.15. The fraction of sp³-hybridized carbons (Fsp3) is 0.231. The highest BCUT2D eigenvalue weighted by molar-refractivity contribution is 5.77. The van der Waals surface area contributed by atoms with Gasteiger partial charge in [0.05, 0.1) is 19.6 Å². The molecule has 3 N–H and O–H groups in total. The Bertz CT molecular complexity index is 610. The van der Waals surface area contributed by atoms with Gasteiger partial charge < -0.3 is 15.4 Å². The summed E-state index contributed by atoms with van der Waals surface area (Å²) >= 11 is 0. The Morgan fingerprint density at radius 2 is 1.95 bits per heavy atom. The standard InChI is InChI=1S/C13H14N4O4/c14-10(18)6-17(8-12(19)20)7-11-15-13(16-21-11)9-4-2-1-3-5-9/h1-5H,6-8H2,(H2,14,18)(H,19,20). The van der Waals surface area contributed by atoms with Crippen molar-refractivity contribution in [3.63, 3.8) is 0 Å². The Morgan fingerprint density at radius 3 is 2.57 bits per heavy atom. The van der Waals surface area contributed by atoms with Crippen molar-refractivity contribution in [2.45, 2.75) is 6.54 Å². The van der Waals surface area contributed by atoms with Crippen LogP contribution < -0.4 is 5.73 Å². The summed E-state index contributed by atoms with van der Waals surface area (Å²) in [5.74, 6) is -1.07. The molecule has 1 aromatic heterocycles. The molecular weight excluding hydrogens is 276 g/mol. The summed E-state index contributed by atoms with van der Waals surface area (Å²) < 4.78 is 5.06. The summed E-state index contributed by atoms with van der Waals surface area (Å²) in [4.78, 5) is 27.2. The topological polar surface area (TPSA) is 123 Å². The predicted molar refractivity (Wildman–Crippen MR) is 71.8 cm³/mol. The number of aromatic nitrogens is 2. The second-order valence-electron chi connectivity index (χ2n) is 4.38. The van der Waals surface area contributed by atoms with E-state index in [1.165, 1.54) is 4.90 Å². The molecule has 8 heteroatoms. The summed E-state index contributed by atoms with van der Waals surface area (Å²) in [6.07, 6.45) is 0. The van der Waals surface area contributed by atoms with Crippen LogP contribution in [0.2, 0.25) is 0 Å². The van der Waals surface area contributed by atoms with Crippen LogP contribution in [-0.4, -0.2) is 45.1 Å². The van der Waals surface area contributed by atoms with Gasteiger partial charge in [-0.15, -0.1) is 0 Å². The predicted octanol–water partition coefficient (Wildman–Crippen LogP) is 0.109. The summed E-state index contributed by atoms with van der Waals surface area (Å²) in [6.45, 7) is -0.504. The summed E-state index contributed by atoms with van der Waals surface area (Å²) in [6, 6.07) is 9.20. The van der Waals surface area contributed by atoms with Gasteiger partial charge in [-0.05, 0) is 0 Å². The van der Waals surface area contributed by atoms with Crippen LogP contribution in [-0.2, 0) is 16.1 Å². The lowest BCUT2D eigenvalue weighted by atomic mass is 10.2. The molecule has 0 fully saturated rings. The van der Waals surface area contributed by atoms with Gasteiger partial charge in [-0.3, -0.25) is 14.5 Å². The summed E-state index contributed by atoms with van der Waals surface area (Å²) in [5.41, 5.74) is 5.86. The average Bonchev–Trinajstić information content (AvgIpc) is 2.86. The van der Waals surface area contributed by atoms with Gasteiger partial charge in [0.25, 0.3) is 0 Å². The number of carboxylic acid groups (broad SMARTS) is 1. The Hall–Kier alpha value is -2.74. The van der Waals surface area contributed by atoms with E-state index in [0.717, 1.165) is 5.56 Å². The smallest absolute Gasteiger partial charge is 0.317 e. The molecule has 1 heterocycles. The van der Waals surface area contributed by atoms with Crippen LogP contribution in [0.3, 0.4) is 0 Å². The molecule has 2 aromatic rings. The van der Waals surface area contributed by atoms with E-state index in [2.05, 4.69) is 10.1 Å². The molecule has 8 nitrogen and oxygen atoms in total. The number of aliphatic carboxylic acids is 1. The van der Waals surface area contributed by atoms with Crippen LogP contribution in [0.5, 0.6) is 0 Å². The van der Waals surface area contributed by atoms with Crippen molar-refractivity contribution >= 4 is 11.9 Å². The molecule has 0 saturated heterocycles. The Morgan fingerprint density at radius 1 is 1.24 bits per heavy atom. The van der Waals surface area contributed by atoms with E-state index in [1.54, 1.807) is 0 Å². The van der Waals surface area contributed by atoms with Crippen molar-refractivity contribution in [1.29, 1.82) is 0 Å². The highest BCUT2D eigenvalue weighted by atomic mass is 16.5. The van der Waals surface area contributed by atoms with Crippen molar-refractivity contribution in [2.75, 3.05) is 13.1 Å². The maximum absolute atomic E-state index is 10.9. The lowest BCUT2D eigenvalue weighted by Crippen LogP contribution is -2.36. The average molecular weight is 290 g/mol. The molecule has 0 saturated carbocycles. The minimum Gasteiger partial charge on any atom is -0.480 e. The molecule has 110 valence electrons. The lowest BCUT2D eigenvalue weighted by Gasteiger charge is -2.15. The van der Waals surface area contributed by atoms with Gasteiger partial charge in [0, 0.05) is 5.56 Å². The van der Waals surface area contributed by atoms with Gasteiger partial charge in [0.1, 0.15) is 0 Å². The van der Waals surface area contributed by atoms with Crippen LogP contribution in [0.25, 0.3) is 11.4 Å². The van der Waals surface area contributed by atoms with Crippen molar-refractivity contribution in [1.82, 2.24) is 15.0 Å². The number of carbonyl (C=O) groups excluding carboxylic acids is 1. The van der Waals surface area contributed by atoms with Crippen molar-refractivity contribution < 1.29 is 19.2 Å². The molecule has 0 unspecified atom stereocenters. The van der Waals surface area contributed by atoms with E-state index in [4.69, 9.17) is 15.4 Å². The summed E-state index contributed by atoms with van der Waals surface area (Å²) in [7, 11) is 0. The number of benzene rings is 1. The number of rotatable bonds is 7. The maximum Gasteiger partial charge on any atom is 0.317 e. The third-order valence-electron chi connectivity index (χ3n) is 2.60. The first kappa shape index (κ1) is 14.7. The Balaban J connectivity index is 2.09. The number of nitrogens with zero attached hydrogens (tertiary/aromatic N) is 3. The van der Waals surface area contributed by atoms with Crippen molar-refractivity contribution in [2.24, 2.45) is 5.73 Å². The first-order valence-corrected chi connectivity index (χ1v) is 6.15. The van der Waals surface area contributed by atoms with Crippen LogP contribution in [0.4, 0.5) is 0 Å². The number of amides is 1. The molecule has 0 aliphatic carbocycles. The zero-order valence-corrected chi connectivity index (χ0v) is 11.1. The molecule has 0 radical (unpaired) electrons. The van der Waals surface area contributed by atoms with Gasteiger partial charge in [-0.1, -0.05) is 35.5 Å². The molecule has 0 aliphatic heterocycles. The molecule has 21 heavy (non-hydrogen) atoms. The molecule has 0 atom stereocenters. The number of primary amides is 1. The van der Waals surface area contributed by atoms with E-state index >= 15 is 0 Å². The molecular formula is C13H14N4O4. The number of hydrogen-bond donors (Lipinski definition) is 2. The first-order chi connectivity index (χ1) is 10.0. The van der Waals surface area contributed by atoms with E-state index in [0.29, 0.717) is 5.82 Å². The quantitative estimate of drug-likeness (QED) is 0.741. The Kier molecular flexibility index (Phi) is 4.62. The molecule has 1 amide bonds. The first-order valence-electron chi connectivity index (χ1n) is 6.15. The van der Waals surface area contributed by atoms with Crippen LogP contribution in [0.1, 0.15) is 5.89 Å². The van der Waals surface area contributed by atoms with Gasteiger partial charge in [-0.25, -0.2) is 0 Å². The summed E-state index contributed by atoms with van der Waals surface area (Å²) in [5, 5.41) is 12.6. The maximum atomic E-state index is 10.9. The zero-order chi connectivity index (χ0) is 15.2. The fourth-order valence-corrected chi connectivity index (χ4v) is 1.79. The largest absolute Gasteiger partial charge is 0.480 e. The molecule has 0 aliphatic rings. The zero-order valence-electron chi connectivity index (χ0n) is 11.1. The van der Waals surface area contributed by atoms with Crippen molar-refractivity contribution in [3.05, 3.63) is 36.2 Å². The minimum atomic E-state index is -1.07. The second-order valence-corrected chi connectivity index (χ2v) is 4.38. The monoisotopic (exact) mass is 290 g/mol. The number of carbonyl (C=O) groups is 2. The Labute approximate surface area is 120 Å². The second kappa shape index (κ2) is 6.62. The minimum absolute atomic E-state index is 0.0368. The molecule has 2 rings (SSSR count). The van der Waals surface area contributed by atoms with E-state index in [-0.39, 0.29) is 25.5 Å². The number of nitrogens with two attached hydrogens (primary N) is 1. The lowest BCUT2D eigenvalue weighted by molar-refractivity contribution is -0.138. The van der Waals surface area contributed by atoms with Gasteiger partial charge in [0.2, 0.25) is 17.6 Å². The van der Waals surface area contributed by atoms with Crippen LogP contribution in [0.15, 0.2) is 34.9 Å². The van der Waals surface area contributed by atoms with Crippen LogP contribution >= 0.6 is 0 Å². The number of hydrogen-bond acceptors (Lipinski definition) is 6. The van der Waals surface area contributed by atoms with Gasteiger partial charge in [-0.2, -0.15) is 4.98 Å². The van der Waals surface area contributed by atoms with E-state index in [1.807, 2.05) is 30.3 Å². The number of carboxylic acids is 1. The van der Waals surface area contributed by atoms with Crippen molar-refractivity contribution in [3.8, 4) is 11.4 Å². The SMILES string of the molecule is NC(=O)CN(CC(=O)O)Cc1nc(-c2ccccc2)no1. The van der Waals surface area contributed by atoms with Gasteiger partial charge in [0.15, 0.2) is 0 Å². The molecule has 1 aromatic carbocycles. The molecule has 0 bridgehead atoms. The van der Waals surface area contributed by atoms with E-state index in [9.17, 15) is 9.59 Å². The van der Waals surface area contributed by atoms with Gasteiger partial charge >= 0.3 is 5.97 Å². The normalized spacial score (nSPS) is 10.7.